The fourth-order valence-corrected chi connectivity index (χ4v) is 7.00. The second-order valence-electron chi connectivity index (χ2n) is 10.0. The van der Waals surface area contributed by atoms with Gasteiger partial charge < -0.3 is 19.1 Å². The highest BCUT2D eigenvalue weighted by atomic mass is 16.6. The van der Waals surface area contributed by atoms with E-state index in [2.05, 4.69) is 0 Å². The smallest absolute Gasteiger partial charge is 0.328 e. The minimum atomic E-state index is -0.429. The minimum absolute atomic E-state index is 0.181. The van der Waals surface area contributed by atoms with Crippen LogP contribution in [0.25, 0.3) is 0 Å². The van der Waals surface area contributed by atoms with Crippen molar-refractivity contribution in [3.05, 3.63) is 24.3 Å². The molecule has 1 atom stereocenters. The summed E-state index contributed by atoms with van der Waals surface area (Å²) in [5.41, 5.74) is -0.199. The third-order valence-corrected chi connectivity index (χ3v) is 7.93. The molecule has 6 rings (SSSR count). The van der Waals surface area contributed by atoms with Gasteiger partial charge >= 0.3 is 5.97 Å². The predicted molar refractivity (Wildman–Crippen MR) is 115 cm³/mol. The molecule has 0 aromatic heterocycles. The van der Waals surface area contributed by atoms with Crippen molar-refractivity contribution in [2.45, 2.75) is 57.4 Å². The number of hydrogen-bond acceptors (Lipinski definition) is 5. The highest BCUT2D eigenvalue weighted by molar-refractivity contribution is 5.89. The number of hydrogen-bond donors (Lipinski definition) is 0. The zero-order valence-electron chi connectivity index (χ0n) is 18.4. The molecule has 1 heterocycles. The van der Waals surface area contributed by atoms with E-state index >= 15 is 0 Å². The Morgan fingerprint density at radius 3 is 2.19 bits per heavy atom. The van der Waals surface area contributed by atoms with Gasteiger partial charge in [-0.2, -0.15) is 0 Å². The first-order chi connectivity index (χ1) is 15.1. The quantitative estimate of drug-likeness (QED) is 0.489. The van der Waals surface area contributed by atoms with Crippen LogP contribution < -0.4 is 9.47 Å². The Morgan fingerprint density at radius 1 is 0.968 bits per heavy atom. The molecule has 0 N–H and O–H groups in total. The van der Waals surface area contributed by atoms with Crippen molar-refractivity contribution in [2.24, 2.45) is 23.2 Å². The molecule has 1 saturated heterocycles. The van der Waals surface area contributed by atoms with Crippen LogP contribution in [0.4, 0.5) is 0 Å². The average Bonchev–Trinajstić information content (AvgIpc) is 3.25. The number of likely N-dealkylation sites (tertiary alicyclic amines) is 1. The second kappa shape index (κ2) is 8.36. The van der Waals surface area contributed by atoms with Crippen molar-refractivity contribution >= 4 is 11.9 Å². The van der Waals surface area contributed by atoms with Gasteiger partial charge in [0.15, 0.2) is 0 Å². The molecule has 6 heteroatoms. The molecule has 168 valence electrons. The highest BCUT2D eigenvalue weighted by Gasteiger charge is 2.56. The summed E-state index contributed by atoms with van der Waals surface area (Å²) >= 11 is 0. The van der Waals surface area contributed by atoms with E-state index in [9.17, 15) is 9.59 Å². The monoisotopic (exact) mass is 427 g/mol. The molecule has 6 nitrogen and oxygen atoms in total. The van der Waals surface area contributed by atoms with E-state index in [-0.39, 0.29) is 30.5 Å². The maximum atomic E-state index is 13.7. The van der Waals surface area contributed by atoms with Gasteiger partial charge in [0.2, 0.25) is 5.91 Å². The highest BCUT2D eigenvalue weighted by Crippen LogP contribution is 2.60. The van der Waals surface area contributed by atoms with Crippen LogP contribution in [0.2, 0.25) is 0 Å². The first-order valence-corrected chi connectivity index (χ1v) is 11.8. The topological polar surface area (TPSA) is 65.1 Å². The van der Waals surface area contributed by atoms with Crippen molar-refractivity contribution in [1.29, 1.82) is 0 Å². The van der Waals surface area contributed by atoms with E-state index in [1.165, 1.54) is 19.3 Å². The maximum absolute atomic E-state index is 13.7. The Balaban J connectivity index is 1.14. The largest absolute Gasteiger partial charge is 0.497 e. The third kappa shape index (κ3) is 4.01. The SMILES string of the molecule is COc1ccc(OCCOC(=O)[C@@H]2CCCN2C(=O)C23CC4CC(CC(C4)C2)C3)cc1. The third-order valence-electron chi connectivity index (χ3n) is 7.93. The Kier molecular flexibility index (Phi) is 5.57. The van der Waals surface area contributed by atoms with E-state index in [1.807, 2.05) is 29.2 Å². The number of esters is 1. The van der Waals surface area contributed by atoms with Crippen LogP contribution in [-0.2, 0) is 14.3 Å². The van der Waals surface area contributed by atoms with Crippen molar-refractivity contribution in [1.82, 2.24) is 4.90 Å². The van der Waals surface area contributed by atoms with Gasteiger partial charge in [-0.1, -0.05) is 0 Å². The lowest BCUT2D eigenvalue weighted by atomic mass is 9.49. The van der Waals surface area contributed by atoms with Crippen LogP contribution in [-0.4, -0.2) is 49.7 Å². The number of nitrogens with zero attached hydrogens (tertiary/aromatic N) is 1. The molecule has 31 heavy (non-hydrogen) atoms. The van der Waals surface area contributed by atoms with Crippen molar-refractivity contribution in [3.8, 4) is 11.5 Å². The molecule has 4 aliphatic carbocycles. The van der Waals surface area contributed by atoms with Crippen LogP contribution in [0.15, 0.2) is 24.3 Å². The molecule has 1 amide bonds. The van der Waals surface area contributed by atoms with Gasteiger partial charge in [-0.05, 0) is 93.4 Å². The van der Waals surface area contributed by atoms with E-state index in [1.54, 1.807) is 7.11 Å². The molecule has 1 aliphatic heterocycles. The average molecular weight is 428 g/mol. The zero-order chi connectivity index (χ0) is 21.4. The number of carbonyl (C=O) groups is 2. The number of amides is 1. The van der Waals surface area contributed by atoms with E-state index < -0.39 is 6.04 Å². The fourth-order valence-electron chi connectivity index (χ4n) is 7.00. The number of methoxy groups -OCH3 is 1. The minimum Gasteiger partial charge on any atom is -0.497 e. The molecule has 4 bridgehead atoms. The number of carbonyl (C=O) groups excluding carboxylic acids is 2. The maximum Gasteiger partial charge on any atom is 0.328 e. The molecule has 5 aliphatic rings. The van der Waals surface area contributed by atoms with Crippen LogP contribution in [0.3, 0.4) is 0 Å². The van der Waals surface area contributed by atoms with Gasteiger partial charge in [-0.3, -0.25) is 4.79 Å². The summed E-state index contributed by atoms with van der Waals surface area (Å²) in [7, 11) is 1.62. The van der Waals surface area contributed by atoms with Crippen LogP contribution in [0.5, 0.6) is 11.5 Å². The van der Waals surface area contributed by atoms with Gasteiger partial charge in [0.05, 0.1) is 12.5 Å². The second-order valence-corrected chi connectivity index (χ2v) is 10.0. The molecule has 1 aromatic rings. The van der Waals surface area contributed by atoms with Gasteiger partial charge in [0, 0.05) is 6.54 Å². The molecule has 5 fully saturated rings. The normalized spacial score (nSPS) is 33.4. The van der Waals surface area contributed by atoms with Gasteiger partial charge in [-0.25, -0.2) is 4.79 Å². The van der Waals surface area contributed by atoms with E-state index in [0.717, 1.165) is 49.2 Å². The van der Waals surface area contributed by atoms with Crippen molar-refractivity contribution in [2.75, 3.05) is 26.9 Å². The van der Waals surface area contributed by atoms with E-state index in [4.69, 9.17) is 14.2 Å². The molecule has 0 radical (unpaired) electrons. The summed E-state index contributed by atoms with van der Waals surface area (Å²) in [5.74, 6) is 3.59. The summed E-state index contributed by atoms with van der Waals surface area (Å²) < 4.78 is 16.3. The Labute approximate surface area is 184 Å². The van der Waals surface area contributed by atoms with Crippen LogP contribution in [0, 0.1) is 23.2 Å². The molecule has 0 spiro atoms. The summed E-state index contributed by atoms with van der Waals surface area (Å²) in [6.07, 6.45) is 8.62. The molecule has 1 aromatic carbocycles. The predicted octanol–water partition coefficient (Wildman–Crippen LogP) is 3.82. The van der Waals surface area contributed by atoms with Gasteiger partial charge in [0.25, 0.3) is 0 Å². The number of rotatable bonds is 7. The summed E-state index contributed by atoms with van der Waals surface area (Å²) in [6, 6.07) is 6.87. The summed E-state index contributed by atoms with van der Waals surface area (Å²) in [5, 5.41) is 0. The van der Waals surface area contributed by atoms with Crippen molar-refractivity contribution in [3.63, 3.8) is 0 Å². The van der Waals surface area contributed by atoms with E-state index in [0.29, 0.717) is 18.7 Å². The fraction of sp³-hybridized carbons (Fsp3) is 0.680. The molecular formula is C25H33NO5. The Morgan fingerprint density at radius 2 is 1.58 bits per heavy atom. The lowest BCUT2D eigenvalue weighted by Crippen LogP contribution is -2.56. The Hall–Kier alpha value is -2.24. The number of benzene rings is 1. The Bertz CT molecular complexity index is 784. The van der Waals surface area contributed by atoms with Crippen LogP contribution in [0.1, 0.15) is 51.4 Å². The lowest BCUT2D eigenvalue weighted by molar-refractivity contribution is -0.165. The molecular weight excluding hydrogens is 394 g/mol. The molecule has 0 unspecified atom stereocenters. The number of ether oxygens (including phenoxy) is 3. The lowest BCUT2D eigenvalue weighted by Gasteiger charge is -2.56. The first-order valence-electron chi connectivity index (χ1n) is 11.8. The zero-order valence-corrected chi connectivity index (χ0v) is 18.4. The van der Waals surface area contributed by atoms with Gasteiger partial charge in [-0.15, -0.1) is 0 Å². The standard InChI is InChI=1S/C25H33NO5/c1-29-20-4-6-21(7-5-20)30-9-10-31-23(27)22-3-2-8-26(22)24(28)25-14-17-11-18(15-25)13-19(12-17)16-25/h4-7,17-19,22H,2-3,8-16H2,1H3/t17?,18?,19?,22-,25?/m0/s1. The van der Waals surface area contributed by atoms with Gasteiger partial charge in [0.1, 0.15) is 30.8 Å². The van der Waals surface area contributed by atoms with Crippen LogP contribution >= 0.6 is 0 Å². The first kappa shape index (κ1) is 20.7. The summed E-state index contributed by atoms with van der Waals surface area (Å²) in [6.45, 7) is 1.15. The summed E-state index contributed by atoms with van der Waals surface area (Å²) in [4.78, 5) is 28.3. The molecule has 4 saturated carbocycles. The van der Waals surface area contributed by atoms with Crippen molar-refractivity contribution < 1.29 is 23.8 Å².